The third-order valence-corrected chi connectivity index (χ3v) is 17.5. The van der Waals surface area contributed by atoms with Crippen molar-refractivity contribution in [2.75, 3.05) is 156 Å². The molecule has 5 N–H and O–H groups in total. The molecule has 584 valence electrons. The number of carbonyl (C=O) groups is 9. The molecule has 0 aliphatic carbocycles. The topological polar surface area (TPSA) is 367 Å². The second kappa shape index (κ2) is 43.4. The van der Waals surface area contributed by atoms with Crippen molar-refractivity contribution < 1.29 is 110 Å². The minimum absolute atomic E-state index is 0.0148. The maximum Gasteiger partial charge on any atom is 0.416 e. The van der Waals surface area contributed by atoms with Gasteiger partial charge in [0.05, 0.1) is 168 Å². The van der Waals surface area contributed by atoms with Gasteiger partial charge in [-0.1, -0.05) is 37.1 Å². The molecule has 32 heteroatoms. The molecule has 0 radical (unpaired) electrons. The highest BCUT2D eigenvalue weighted by Gasteiger charge is 2.45. The standard InChI is InChI=1S/C75H101N9O23/c1-49(2)69(80-66(86)18-23-97-25-27-99-29-31-101-33-35-103-37-38-104-36-34-102-32-30-100-28-26-98-24-19-76-65(85)17-20-81-67(87)15-16-68(81)88)71(90)78-52(5)70(89)79-54-13-11-53(12-14-54)48-107-75(94)84-59-44-64(62(96-7)42-57(59)73(92)83-47-51(4)40-60(83)74(84)93)106-22-10-8-9-21-105-63-43-58-56(41-61(63)95-6)72(91)82-46-50(3)39-55(82)45-77-58/h11-16,41-47,49,52,55,60,69,74,93H,8-10,17-40,48H2,1-7H3,(H,76,85)(H,78,90)(H,79,89)(H,80,86). The lowest BCUT2D eigenvalue weighted by atomic mass is 10.0. The molecule has 0 saturated carbocycles. The molecule has 0 aromatic heterocycles. The Hall–Kier alpha value is -9.38. The van der Waals surface area contributed by atoms with E-state index in [1.165, 1.54) is 50.3 Å². The summed E-state index contributed by atoms with van der Waals surface area (Å²) in [5, 5.41) is 22.8. The number of benzene rings is 3. The smallest absolute Gasteiger partial charge is 0.416 e. The number of imide groups is 1. The van der Waals surface area contributed by atoms with Crippen LogP contribution in [0.5, 0.6) is 23.0 Å². The fraction of sp³-hybridized carbons (Fsp3) is 0.547. The van der Waals surface area contributed by atoms with Crippen LogP contribution in [-0.4, -0.2) is 256 Å². The first-order valence-corrected chi connectivity index (χ1v) is 36.0. The van der Waals surface area contributed by atoms with Crippen molar-refractivity contribution in [3.05, 3.63) is 101 Å². The van der Waals surface area contributed by atoms with E-state index in [1.807, 2.05) is 20.0 Å². The molecule has 0 bridgehead atoms. The Morgan fingerprint density at radius 1 is 0.570 bits per heavy atom. The van der Waals surface area contributed by atoms with Crippen LogP contribution in [0.2, 0.25) is 0 Å². The Bertz CT molecular complexity index is 3620. The van der Waals surface area contributed by atoms with Crippen molar-refractivity contribution in [1.82, 2.24) is 30.7 Å². The Kier molecular flexibility index (Phi) is 33.8. The zero-order valence-electron chi connectivity index (χ0n) is 61.9. The lowest BCUT2D eigenvalue weighted by Crippen LogP contribution is -2.53. The number of carbonyl (C=O) groups excluding carboxylic acids is 9. The molecule has 5 aliphatic rings. The summed E-state index contributed by atoms with van der Waals surface area (Å²) >= 11 is 0. The first-order valence-electron chi connectivity index (χ1n) is 36.0. The van der Waals surface area contributed by atoms with Crippen LogP contribution in [0, 0.1) is 5.92 Å². The van der Waals surface area contributed by atoms with Crippen molar-refractivity contribution in [2.24, 2.45) is 10.9 Å². The van der Waals surface area contributed by atoms with Crippen LogP contribution >= 0.6 is 0 Å². The zero-order chi connectivity index (χ0) is 76.6. The second-order valence-corrected chi connectivity index (χ2v) is 25.9. The van der Waals surface area contributed by atoms with E-state index in [0.717, 1.165) is 27.4 Å². The largest absolute Gasteiger partial charge is 0.493 e. The fourth-order valence-corrected chi connectivity index (χ4v) is 11.7. The molecule has 5 heterocycles. The molecular weight excluding hydrogens is 1390 g/mol. The quantitative estimate of drug-likeness (QED) is 0.0354. The molecular formula is C75H101N9O23. The van der Waals surface area contributed by atoms with Gasteiger partial charge in [0.2, 0.25) is 23.6 Å². The normalized spacial score (nSPS) is 17.0. The van der Waals surface area contributed by atoms with Gasteiger partial charge in [-0.25, -0.2) is 9.69 Å². The minimum Gasteiger partial charge on any atom is -0.493 e. The molecule has 5 unspecified atom stereocenters. The van der Waals surface area contributed by atoms with Gasteiger partial charge in [0.25, 0.3) is 23.6 Å². The molecule has 0 fully saturated rings. The van der Waals surface area contributed by atoms with Gasteiger partial charge in [-0.15, -0.1) is 0 Å². The Labute approximate surface area is 622 Å². The highest BCUT2D eigenvalue weighted by molar-refractivity contribution is 6.13. The number of amides is 9. The van der Waals surface area contributed by atoms with Crippen LogP contribution in [0.1, 0.15) is 106 Å². The molecule has 5 atom stereocenters. The molecule has 5 aliphatic heterocycles. The van der Waals surface area contributed by atoms with Crippen molar-refractivity contribution in [3.63, 3.8) is 0 Å². The van der Waals surface area contributed by atoms with Gasteiger partial charge < -0.3 is 97.8 Å². The minimum atomic E-state index is -1.53. The van der Waals surface area contributed by atoms with Crippen LogP contribution < -0.4 is 45.1 Å². The number of nitrogens with one attached hydrogen (secondary N) is 4. The lowest BCUT2D eigenvalue weighted by Gasteiger charge is -2.31. The predicted octanol–water partition coefficient (Wildman–Crippen LogP) is 5.30. The summed E-state index contributed by atoms with van der Waals surface area (Å²) in [5.74, 6) is -2.18. The number of ether oxygens (including phenoxy) is 13. The van der Waals surface area contributed by atoms with E-state index in [4.69, 9.17) is 61.6 Å². The fourth-order valence-electron chi connectivity index (χ4n) is 11.7. The first kappa shape index (κ1) is 83.3. The summed E-state index contributed by atoms with van der Waals surface area (Å²) in [5.41, 5.74) is 3.91. The molecule has 8 rings (SSSR count). The second-order valence-electron chi connectivity index (χ2n) is 25.9. The molecule has 32 nitrogen and oxygen atoms in total. The van der Waals surface area contributed by atoms with Crippen molar-refractivity contribution in [3.8, 4) is 23.0 Å². The number of nitrogens with zero attached hydrogens (tertiary/aromatic N) is 5. The summed E-state index contributed by atoms with van der Waals surface area (Å²) in [6, 6.07) is 9.93. The lowest BCUT2D eigenvalue weighted by molar-refractivity contribution is -0.137. The van der Waals surface area contributed by atoms with E-state index in [1.54, 1.807) is 67.6 Å². The van der Waals surface area contributed by atoms with Gasteiger partial charge in [-0.05, 0) is 88.6 Å². The Morgan fingerprint density at radius 3 is 1.66 bits per heavy atom. The predicted molar refractivity (Wildman–Crippen MR) is 388 cm³/mol. The van der Waals surface area contributed by atoms with Crippen LogP contribution in [0.3, 0.4) is 0 Å². The Morgan fingerprint density at radius 2 is 1.09 bits per heavy atom. The highest BCUT2D eigenvalue weighted by atomic mass is 16.6. The average molecular weight is 1500 g/mol. The van der Waals surface area contributed by atoms with Gasteiger partial charge in [0.15, 0.2) is 29.2 Å². The summed E-state index contributed by atoms with van der Waals surface area (Å²) < 4.78 is 73.6. The summed E-state index contributed by atoms with van der Waals surface area (Å²) in [4.78, 5) is 126. The van der Waals surface area contributed by atoms with Crippen LogP contribution in [0.25, 0.3) is 0 Å². The molecule has 3 aromatic carbocycles. The molecule has 0 saturated heterocycles. The monoisotopic (exact) mass is 1500 g/mol. The highest BCUT2D eigenvalue weighted by Crippen LogP contribution is 2.43. The Balaban J connectivity index is 0.649. The van der Waals surface area contributed by atoms with Crippen molar-refractivity contribution >= 4 is 76.6 Å². The molecule has 107 heavy (non-hydrogen) atoms. The number of unbranched alkanes of at least 4 members (excludes halogenated alkanes) is 2. The summed E-state index contributed by atoms with van der Waals surface area (Å²) in [6.07, 6.45) is 8.15. The number of hydrogen-bond donors (Lipinski definition) is 5. The van der Waals surface area contributed by atoms with Gasteiger partial charge in [-0.3, -0.25) is 48.2 Å². The van der Waals surface area contributed by atoms with Crippen molar-refractivity contribution in [2.45, 2.75) is 117 Å². The third-order valence-electron chi connectivity index (χ3n) is 17.5. The molecule has 0 spiro atoms. The van der Waals surface area contributed by atoms with E-state index in [9.17, 15) is 48.3 Å². The number of aliphatic imine (C=N–C) groups is 1. The maximum absolute atomic E-state index is 14.3. The molecule has 9 amide bonds. The number of aliphatic hydroxyl groups excluding tert-OH is 1. The number of methoxy groups -OCH3 is 2. The number of anilines is 2. The van der Waals surface area contributed by atoms with E-state index in [2.05, 4.69) is 26.3 Å². The zero-order valence-corrected chi connectivity index (χ0v) is 61.9. The van der Waals surface area contributed by atoms with E-state index < -0.39 is 65.9 Å². The number of fused-ring (bicyclic) bond motifs is 4. The number of rotatable bonds is 48. The van der Waals surface area contributed by atoms with E-state index in [-0.39, 0.29) is 98.9 Å². The summed E-state index contributed by atoms with van der Waals surface area (Å²) in [7, 11) is 2.96. The van der Waals surface area contributed by atoms with Crippen LogP contribution in [-0.2, 0) is 78.0 Å². The molecule has 3 aromatic rings. The van der Waals surface area contributed by atoms with Crippen LogP contribution in [0.4, 0.5) is 21.9 Å². The maximum atomic E-state index is 14.3. The number of hydrogen-bond acceptors (Lipinski definition) is 24. The van der Waals surface area contributed by atoms with Gasteiger partial charge in [0, 0.05) is 74.5 Å². The summed E-state index contributed by atoms with van der Waals surface area (Å²) in [6.45, 7) is 15.0. The van der Waals surface area contributed by atoms with Gasteiger partial charge in [0.1, 0.15) is 18.7 Å². The first-order chi connectivity index (χ1) is 51.7. The third kappa shape index (κ3) is 25.4. The van der Waals surface area contributed by atoms with Gasteiger partial charge >= 0.3 is 6.09 Å². The SMILES string of the molecule is COc1cc2c(cc1OCCCCCOc1cc3c(cc1OC)C(=O)N1C=C(C)CC1C(O)N3C(=O)OCc1ccc(NC(=O)C(C)NC(=O)C(NC(=O)CCOCCOCCOCCOCCOCCOCCOCCOCCNC(=O)CCN3C(=O)C=CC3=O)C(C)C)cc1)N=CC1CC(C)=CN1C2=O. The van der Waals surface area contributed by atoms with Crippen molar-refractivity contribution in [1.29, 1.82) is 0 Å². The number of aliphatic hydroxyl groups is 1. The van der Waals surface area contributed by atoms with Gasteiger partial charge in [-0.2, -0.15) is 0 Å². The van der Waals surface area contributed by atoms with E-state index >= 15 is 0 Å². The average Bonchev–Trinajstić information content (AvgIpc) is 1.63. The van der Waals surface area contributed by atoms with Crippen LogP contribution in [0.15, 0.2) is 89.2 Å². The van der Waals surface area contributed by atoms with E-state index in [0.29, 0.717) is 159 Å².